The predicted octanol–water partition coefficient (Wildman–Crippen LogP) is -0.289. The lowest BCUT2D eigenvalue weighted by atomic mass is 10.3. The highest BCUT2D eigenvalue weighted by molar-refractivity contribution is 7.80. The zero-order valence-corrected chi connectivity index (χ0v) is 7.08. The summed E-state index contributed by atoms with van der Waals surface area (Å²) in [5.41, 5.74) is 0.579. The fourth-order valence-corrected chi connectivity index (χ4v) is 0.931. The number of hydrogen-bond donors (Lipinski definition) is 3. The SMILES string of the molecule is NN.O=S([O-])Nc1ccccc1. The van der Waals surface area contributed by atoms with Crippen LogP contribution in [0.5, 0.6) is 0 Å². The van der Waals surface area contributed by atoms with Gasteiger partial charge in [-0.05, 0) is 12.1 Å². The van der Waals surface area contributed by atoms with Gasteiger partial charge in [0.25, 0.3) is 0 Å². The van der Waals surface area contributed by atoms with E-state index < -0.39 is 11.3 Å². The Morgan fingerprint density at radius 1 is 1.25 bits per heavy atom. The Kier molecular flexibility index (Phi) is 6.21. The summed E-state index contributed by atoms with van der Waals surface area (Å²) >= 11 is -2.22. The van der Waals surface area contributed by atoms with E-state index in [1.54, 1.807) is 24.3 Å². The maximum atomic E-state index is 10.1. The summed E-state index contributed by atoms with van der Waals surface area (Å²) in [7, 11) is 0. The standard InChI is InChI=1S/C6H7NO2S.H4N2/c8-10(9)7-6-4-2-1-3-5-6;1-2/h1-5,7H,(H,8,9);1-2H2/p-1. The minimum Gasteiger partial charge on any atom is -0.755 e. The molecule has 5 N–H and O–H groups in total. The van der Waals surface area contributed by atoms with Crippen LogP contribution in [0.3, 0.4) is 0 Å². The van der Waals surface area contributed by atoms with E-state index in [2.05, 4.69) is 16.4 Å². The highest BCUT2D eigenvalue weighted by atomic mass is 32.2. The van der Waals surface area contributed by atoms with Gasteiger partial charge in [0.2, 0.25) is 0 Å². The molecule has 0 fully saturated rings. The van der Waals surface area contributed by atoms with Gasteiger partial charge in [-0.3, -0.25) is 15.9 Å². The number of benzene rings is 1. The summed E-state index contributed by atoms with van der Waals surface area (Å²) in [5.74, 6) is 8.00. The summed E-state index contributed by atoms with van der Waals surface area (Å²) in [5, 5.41) is 0. The third kappa shape index (κ3) is 4.80. The van der Waals surface area contributed by atoms with Gasteiger partial charge in [-0.2, -0.15) is 0 Å². The van der Waals surface area contributed by atoms with E-state index in [9.17, 15) is 8.76 Å². The van der Waals surface area contributed by atoms with Crippen LogP contribution in [0.2, 0.25) is 0 Å². The monoisotopic (exact) mass is 188 g/mol. The summed E-state index contributed by atoms with van der Waals surface area (Å²) in [6.45, 7) is 0. The van der Waals surface area contributed by atoms with Crippen molar-refractivity contribution in [3.8, 4) is 0 Å². The molecule has 0 aliphatic rings. The second-order valence-corrected chi connectivity index (χ2v) is 2.38. The average molecular weight is 188 g/mol. The van der Waals surface area contributed by atoms with E-state index in [1.807, 2.05) is 6.07 Å². The van der Waals surface area contributed by atoms with Gasteiger partial charge in [0.05, 0.1) is 0 Å². The Morgan fingerprint density at radius 3 is 2.17 bits per heavy atom. The molecule has 6 heteroatoms. The van der Waals surface area contributed by atoms with Crippen LogP contribution in [-0.4, -0.2) is 8.76 Å². The first kappa shape index (κ1) is 11.1. The van der Waals surface area contributed by atoms with Crippen LogP contribution < -0.4 is 16.4 Å². The van der Waals surface area contributed by atoms with Crippen LogP contribution in [0.4, 0.5) is 5.69 Å². The number of hydrogen-bond acceptors (Lipinski definition) is 4. The fourth-order valence-electron chi connectivity index (χ4n) is 0.602. The van der Waals surface area contributed by atoms with E-state index in [1.165, 1.54) is 0 Å². The highest BCUT2D eigenvalue weighted by Crippen LogP contribution is 2.04. The second-order valence-electron chi connectivity index (χ2n) is 1.70. The molecule has 0 aliphatic heterocycles. The van der Waals surface area contributed by atoms with E-state index >= 15 is 0 Å². The fraction of sp³-hybridized carbons (Fsp3) is 0. The third-order valence-corrected chi connectivity index (χ3v) is 1.38. The van der Waals surface area contributed by atoms with Gasteiger partial charge in [-0.15, -0.1) is 0 Å². The molecule has 0 aromatic heterocycles. The van der Waals surface area contributed by atoms with Crippen molar-refractivity contribution < 1.29 is 8.76 Å². The van der Waals surface area contributed by atoms with Crippen LogP contribution in [0.25, 0.3) is 0 Å². The molecule has 1 unspecified atom stereocenters. The molecule has 1 aromatic carbocycles. The van der Waals surface area contributed by atoms with Gasteiger partial charge in [-0.1, -0.05) is 18.2 Å². The molecule has 0 spiro atoms. The normalized spacial score (nSPS) is 10.9. The third-order valence-electron chi connectivity index (χ3n) is 0.975. The van der Waals surface area contributed by atoms with Crippen LogP contribution >= 0.6 is 0 Å². The first-order valence-corrected chi connectivity index (χ1v) is 4.11. The molecule has 0 radical (unpaired) electrons. The minimum absolute atomic E-state index is 0.579. The highest BCUT2D eigenvalue weighted by Gasteiger charge is 1.84. The predicted molar refractivity (Wildman–Crippen MR) is 47.4 cm³/mol. The molecule has 0 saturated carbocycles. The maximum absolute atomic E-state index is 10.1. The maximum Gasteiger partial charge on any atom is 0.0452 e. The first-order valence-electron chi connectivity index (χ1n) is 3.03. The molecule has 1 atom stereocenters. The molecule has 68 valence electrons. The topological polar surface area (TPSA) is 104 Å². The van der Waals surface area contributed by atoms with Gasteiger partial charge < -0.3 is 9.27 Å². The minimum atomic E-state index is -2.22. The van der Waals surface area contributed by atoms with Crippen LogP contribution in [0.15, 0.2) is 30.3 Å². The largest absolute Gasteiger partial charge is 0.755 e. The van der Waals surface area contributed by atoms with E-state index in [4.69, 9.17) is 0 Å². The number of para-hydroxylation sites is 1. The molecule has 12 heavy (non-hydrogen) atoms. The lowest BCUT2D eigenvalue weighted by molar-refractivity contribution is 0.542. The first-order chi connectivity index (χ1) is 5.79. The zero-order chi connectivity index (χ0) is 9.40. The van der Waals surface area contributed by atoms with Crippen molar-refractivity contribution in [1.82, 2.24) is 0 Å². The number of nitrogens with two attached hydrogens (primary N) is 2. The van der Waals surface area contributed by atoms with Crippen molar-refractivity contribution in [2.75, 3.05) is 4.72 Å². The van der Waals surface area contributed by atoms with Crippen molar-refractivity contribution in [1.29, 1.82) is 0 Å². The van der Waals surface area contributed by atoms with E-state index in [-0.39, 0.29) is 0 Å². The quantitative estimate of drug-likeness (QED) is 0.337. The number of nitrogens with one attached hydrogen (secondary N) is 1. The number of anilines is 1. The van der Waals surface area contributed by atoms with Crippen LogP contribution in [0.1, 0.15) is 0 Å². The van der Waals surface area contributed by atoms with Gasteiger partial charge >= 0.3 is 0 Å². The molecular formula is C6H10N3O2S-. The molecule has 0 aliphatic carbocycles. The van der Waals surface area contributed by atoms with Gasteiger partial charge in [0, 0.05) is 17.0 Å². The Balaban J connectivity index is 0.000000561. The van der Waals surface area contributed by atoms with Gasteiger partial charge in [0.1, 0.15) is 0 Å². The van der Waals surface area contributed by atoms with E-state index in [0.717, 1.165) is 0 Å². The molecule has 0 bridgehead atoms. The molecular weight excluding hydrogens is 178 g/mol. The smallest absolute Gasteiger partial charge is 0.0452 e. The summed E-state index contributed by atoms with van der Waals surface area (Å²) in [6, 6.07) is 8.69. The summed E-state index contributed by atoms with van der Waals surface area (Å²) < 4.78 is 22.3. The van der Waals surface area contributed by atoms with Crippen LogP contribution in [-0.2, 0) is 11.3 Å². The molecule has 5 nitrogen and oxygen atoms in total. The van der Waals surface area contributed by atoms with Crippen molar-refractivity contribution in [2.45, 2.75) is 0 Å². The summed E-state index contributed by atoms with van der Waals surface area (Å²) in [4.78, 5) is 0. The van der Waals surface area contributed by atoms with Gasteiger partial charge in [-0.25, -0.2) is 0 Å². The molecule has 1 rings (SSSR count). The Bertz CT molecular complexity index is 229. The lowest BCUT2D eigenvalue weighted by Crippen LogP contribution is -2.02. The Labute approximate surface area is 73.1 Å². The Hall–Kier alpha value is -0.950. The molecule has 0 amide bonds. The van der Waals surface area contributed by atoms with Crippen molar-refractivity contribution in [2.24, 2.45) is 11.7 Å². The van der Waals surface area contributed by atoms with Crippen molar-refractivity contribution >= 4 is 17.0 Å². The average Bonchev–Trinajstić information content (AvgIpc) is 2.08. The van der Waals surface area contributed by atoms with E-state index in [0.29, 0.717) is 5.69 Å². The molecule has 1 aromatic rings. The molecule has 0 saturated heterocycles. The second kappa shape index (κ2) is 6.74. The lowest BCUT2D eigenvalue weighted by Gasteiger charge is -2.06. The van der Waals surface area contributed by atoms with Gasteiger partial charge in [0.15, 0.2) is 0 Å². The molecule has 0 heterocycles. The number of hydrazine groups is 1. The zero-order valence-electron chi connectivity index (χ0n) is 6.27. The van der Waals surface area contributed by atoms with Crippen molar-refractivity contribution in [3.63, 3.8) is 0 Å². The van der Waals surface area contributed by atoms with Crippen molar-refractivity contribution in [3.05, 3.63) is 30.3 Å². The van der Waals surface area contributed by atoms with Crippen LogP contribution in [0, 0.1) is 0 Å². The number of rotatable bonds is 2. The Morgan fingerprint density at radius 2 is 1.75 bits per heavy atom. The summed E-state index contributed by atoms with van der Waals surface area (Å²) in [6.07, 6.45) is 0.